The van der Waals surface area contributed by atoms with Crippen LogP contribution in [0.15, 0.2) is 24.4 Å². The van der Waals surface area contributed by atoms with E-state index in [0.29, 0.717) is 18.7 Å². The Labute approximate surface area is 111 Å². The molecule has 4 nitrogen and oxygen atoms in total. The average Bonchev–Trinajstić information content (AvgIpc) is 2.74. The monoisotopic (exact) mass is 263 g/mol. The normalized spacial score (nSPS) is 10.9. The molecule has 0 bridgehead atoms. The number of halogens is 1. The molecule has 0 spiro atoms. The Balaban J connectivity index is 1.98. The van der Waals surface area contributed by atoms with Crippen molar-refractivity contribution in [1.82, 2.24) is 15.1 Å². The van der Waals surface area contributed by atoms with Crippen LogP contribution >= 0.6 is 0 Å². The molecule has 0 radical (unpaired) electrons. The number of hydrogen-bond acceptors (Lipinski definition) is 3. The Bertz CT molecular complexity index is 566. The Morgan fingerprint density at radius 2 is 2.05 bits per heavy atom. The van der Waals surface area contributed by atoms with Gasteiger partial charge in [0.25, 0.3) is 0 Å². The lowest BCUT2D eigenvalue weighted by Crippen LogP contribution is -2.13. The van der Waals surface area contributed by atoms with Crippen molar-refractivity contribution in [2.45, 2.75) is 26.4 Å². The molecule has 2 N–H and O–H groups in total. The van der Waals surface area contributed by atoms with E-state index in [1.165, 1.54) is 18.2 Å². The van der Waals surface area contributed by atoms with Crippen LogP contribution in [0.25, 0.3) is 0 Å². The van der Waals surface area contributed by atoms with Gasteiger partial charge in [0, 0.05) is 37.5 Å². The molecule has 5 heteroatoms. The summed E-state index contributed by atoms with van der Waals surface area (Å²) >= 11 is 0. The number of phenols is 1. The quantitative estimate of drug-likeness (QED) is 0.868. The van der Waals surface area contributed by atoms with Crippen molar-refractivity contribution in [3.63, 3.8) is 0 Å². The lowest BCUT2D eigenvalue weighted by atomic mass is 10.1. The number of phenolic OH excluding ortho intramolecular Hbond substituents is 1. The van der Waals surface area contributed by atoms with E-state index in [1.807, 2.05) is 13.2 Å². The predicted octanol–water partition coefficient (Wildman–Crippen LogP) is 2.12. The van der Waals surface area contributed by atoms with Crippen LogP contribution < -0.4 is 5.32 Å². The Hall–Kier alpha value is -1.88. The van der Waals surface area contributed by atoms with E-state index >= 15 is 0 Å². The van der Waals surface area contributed by atoms with Gasteiger partial charge in [0.05, 0.1) is 5.69 Å². The van der Waals surface area contributed by atoms with Crippen molar-refractivity contribution in [2.75, 3.05) is 0 Å². The van der Waals surface area contributed by atoms with E-state index < -0.39 is 0 Å². The summed E-state index contributed by atoms with van der Waals surface area (Å²) < 4.78 is 14.9. The van der Waals surface area contributed by atoms with Crippen molar-refractivity contribution < 1.29 is 9.50 Å². The fourth-order valence-corrected chi connectivity index (χ4v) is 2.06. The van der Waals surface area contributed by atoms with Gasteiger partial charge in [0.15, 0.2) is 0 Å². The van der Waals surface area contributed by atoms with Crippen molar-refractivity contribution in [2.24, 2.45) is 7.05 Å². The molecule has 2 rings (SSSR count). The van der Waals surface area contributed by atoms with E-state index in [4.69, 9.17) is 0 Å². The maximum Gasteiger partial charge on any atom is 0.123 e. The summed E-state index contributed by atoms with van der Waals surface area (Å²) in [6.45, 7) is 3.12. The van der Waals surface area contributed by atoms with E-state index in [1.54, 1.807) is 4.68 Å². The summed E-state index contributed by atoms with van der Waals surface area (Å²) in [5.74, 6) is -0.235. The third-order valence-corrected chi connectivity index (χ3v) is 3.00. The first kappa shape index (κ1) is 13.5. The summed E-state index contributed by atoms with van der Waals surface area (Å²) in [7, 11) is 1.89. The van der Waals surface area contributed by atoms with Gasteiger partial charge in [0.1, 0.15) is 11.6 Å². The van der Waals surface area contributed by atoms with E-state index in [9.17, 15) is 9.50 Å². The fraction of sp³-hybridized carbons (Fsp3) is 0.357. The van der Waals surface area contributed by atoms with E-state index in [0.717, 1.165) is 17.7 Å². The van der Waals surface area contributed by atoms with Crippen LogP contribution in [0.3, 0.4) is 0 Å². The average molecular weight is 263 g/mol. The molecule has 1 aromatic heterocycles. The zero-order valence-corrected chi connectivity index (χ0v) is 11.2. The highest BCUT2D eigenvalue weighted by Gasteiger charge is 2.06. The van der Waals surface area contributed by atoms with E-state index in [2.05, 4.69) is 17.3 Å². The van der Waals surface area contributed by atoms with Crippen LogP contribution in [-0.2, 0) is 26.6 Å². The van der Waals surface area contributed by atoms with E-state index in [-0.39, 0.29) is 11.6 Å². The standard InChI is InChI=1S/C14H18FN3O/c1-3-13-11(9-18(2)17-13)8-16-7-10-6-12(15)4-5-14(10)19/h4-6,9,16,19H,3,7-8H2,1-2H3. The topological polar surface area (TPSA) is 50.1 Å². The van der Waals surface area contributed by atoms with Gasteiger partial charge in [-0.2, -0.15) is 5.10 Å². The van der Waals surface area contributed by atoms with Crippen molar-refractivity contribution in [1.29, 1.82) is 0 Å². The minimum Gasteiger partial charge on any atom is -0.508 e. The second-order valence-corrected chi connectivity index (χ2v) is 4.50. The van der Waals surface area contributed by atoms with Crippen LogP contribution in [0.5, 0.6) is 5.75 Å². The number of nitrogens with one attached hydrogen (secondary N) is 1. The van der Waals surface area contributed by atoms with Crippen LogP contribution in [0, 0.1) is 5.82 Å². The van der Waals surface area contributed by atoms with Gasteiger partial charge >= 0.3 is 0 Å². The third kappa shape index (κ3) is 3.32. The van der Waals surface area contributed by atoms with Gasteiger partial charge in [-0.25, -0.2) is 4.39 Å². The molecule has 19 heavy (non-hydrogen) atoms. The SMILES string of the molecule is CCc1nn(C)cc1CNCc1cc(F)ccc1O. The molecule has 1 aromatic carbocycles. The number of benzene rings is 1. The number of aryl methyl sites for hydroxylation is 2. The molecule has 2 aromatic rings. The smallest absolute Gasteiger partial charge is 0.123 e. The summed E-state index contributed by atoms with van der Waals surface area (Å²) in [5.41, 5.74) is 2.74. The molecule has 0 unspecified atom stereocenters. The fourth-order valence-electron chi connectivity index (χ4n) is 2.06. The molecule has 0 atom stereocenters. The van der Waals surface area contributed by atoms with Crippen molar-refractivity contribution in [3.8, 4) is 5.75 Å². The number of hydrogen-bond donors (Lipinski definition) is 2. The first-order chi connectivity index (χ1) is 9.10. The van der Waals surface area contributed by atoms with Gasteiger partial charge in [-0.15, -0.1) is 0 Å². The maximum atomic E-state index is 13.1. The highest BCUT2D eigenvalue weighted by molar-refractivity contribution is 5.32. The molecule has 0 amide bonds. The van der Waals surface area contributed by atoms with Gasteiger partial charge in [-0.05, 0) is 24.6 Å². The predicted molar refractivity (Wildman–Crippen MR) is 71.2 cm³/mol. The second-order valence-electron chi connectivity index (χ2n) is 4.50. The molecule has 0 saturated carbocycles. The highest BCUT2D eigenvalue weighted by atomic mass is 19.1. The number of nitrogens with zero attached hydrogens (tertiary/aromatic N) is 2. The molecule has 0 aliphatic rings. The van der Waals surface area contributed by atoms with Gasteiger partial charge in [0.2, 0.25) is 0 Å². The minimum absolute atomic E-state index is 0.107. The molecular formula is C14H18FN3O. The summed E-state index contributed by atoms with van der Waals surface area (Å²) in [4.78, 5) is 0. The Morgan fingerprint density at radius 3 is 2.79 bits per heavy atom. The molecule has 0 aliphatic carbocycles. The zero-order chi connectivity index (χ0) is 13.8. The molecule has 0 fully saturated rings. The molecule has 0 aliphatic heterocycles. The number of aromatic hydroxyl groups is 1. The number of aromatic nitrogens is 2. The number of rotatable bonds is 5. The van der Waals surface area contributed by atoms with Crippen LogP contribution in [0.4, 0.5) is 4.39 Å². The summed E-state index contributed by atoms with van der Waals surface area (Å²) in [6.07, 6.45) is 2.85. The van der Waals surface area contributed by atoms with Crippen molar-refractivity contribution in [3.05, 3.63) is 47.0 Å². The molecule has 1 heterocycles. The highest BCUT2D eigenvalue weighted by Crippen LogP contribution is 2.17. The van der Waals surface area contributed by atoms with Crippen LogP contribution in [0.1, 0.15) is 23.7 Å². The van der Waals surface area contributed by atoms with Gasteiger partial charge in [-0.3, -0.25) is 4.68 Å². The summed E-state index contributed by atoms with van der Waals surface area (Å²) in [6, 6.07) is 3.95. The maximum absolute atomic E-state index is 13.1. The molecule has 102 valence electrons. The van der Waals surface area contributed by atoms with Crippen molar-refractivity contribution >= 4 is 0 Å². The summed E-state index contributed by atoms with van der Waals surface area (Å²) in [5, 5.41) is 17.2. The van der Waals surface area contributed by atoms with Gasteiger partial charge < -0.3 is 10.4 Å². The minimum atomic E-state index is -0.342. The lowest BCUT2D eigenvalue weighted by Gasteiger charge is -2.06. The van der Waals surface area contributed by atoms with Crippen LogP contribution in [0.2, 0.25) is 0 Å². The molecule has 0 saturated heterocycles. The zero-order valence-electron chi connectivity index (χ0n) is 11.2. The largest absolute Gasteiger partial charge is 0.508 e. The third-order valence-electron chi connectivity index (χ3n) is 3.00. The first-order valence-electron chi connectivity index (χ1n) is 6.29. The van der Waals surface area contributed by atoms with Gasteiger partial charge in [-0.1, -0.05) is 6.92 Å². The Kier molecular flexibility index (Phi) is 4.16. The lowest BCUT2D eigenvalue weighted by molar-refractivity contribution is 0.461. The first-order valence-corrected chi connectivity index (χ1v) is 6.29. The Morgan fingerprint density at radius 1 is 1.32 bits per heavy atom. The van der Waals surface area contributed by atoms with Crippen LogP contribution in [-0.4, -0.2) is 14.9 Å². The second kappa shape index (κ2) is 5.84. The molecular weight excluding hydrogens is 245 g/mol.